The van der Waals surface area contributed by atoms with Gasteiger partial charge in [-0.25, -0.2) is 8.42 Å². The molecule has 0 bridgehead atoms. The first-order chi connectivity index (χ1) is 14.5. The molecule has 2 N–H and O–H groups in total. The van der Waals surface area contributed by atoms with E-state index in [1.807, 2.05) is 19.1 Å². The number of nitrogens with zero attached hydrogens (tertiary/aromatic N) is 1. The van der Waals surface area contributed by atoms with E-state index in [1.54, 1.807) is 48.8 Å². The lowest BCUT2D eigenvalue weighted by atomic mass is 10.3. The van der Waals surface area contributed by atoms with E-state index >= 15 is 0 Å². The minimum Gasteiger partial charge on any atom is -0.494 e. The van der Waals surface area contributed by atoms with E-state index in [-0.39, 0.29) is 16.6 Å². The van der Waals surface area contributed by atoms with Crippen LogP contribution in [0.25, 0.3) is 0 Å². The van der Waals surface area contributed by atoms with Gasteiger partial charge in [0.15, 0.2) is 0 Å². The highest BCUT2D eigenvalue weighted by Gasteiger charge is 2.14. The quantitative estimate of drug-likeness (QED) is 0.485. The van der Waals surface area contributed by atoms with Crippen LogP contribution in [0.1, 0.15) is 6.92 Å². The fraction of sp³-hybridized carbons (Fsp3) is 0.143. The van der Waals surface area contributed by atoms with Crippen molar-refractivity contribution < 1.29 is 17.9 Å². The first kappa shape index (κ1) is 21.7. The van der Waals surface area contributed by atoms with Gasteiger partial charge in [-0.3, -0.25) is 14.5 Å². The van der Waals surface area contributed by atoms with Crippen molar-refractivity contribution in [2.75, 3.05) is 22.4 Å². The average Bonchev–Trinajstić information content (AvgIpc) is 2.75. The zero-order chi connectivity index (χ0) is 21.4. The number of ether oxygens (including phenoxy) is 1. The lowest BCUT2D eigenvalue weighted by Gasteiger charge is -2.10. The van der Waals surface area contributed by atoms with Crippen LogP contribution >= 0.6 is 11.8 Å². The van der Waals surface area contributed by atoms with E-state index in [1.165, 1.54) is 23.9 Å². The Morgan fingerprint density at radius 1 is 0.967 bits per heavy atom. The number of carbonyl (C=O) groups is 1. The number of carbonyl (C=O) groups excluding carboxylic acids is 1. The van der Waals surface area contributed by atoms with Crippen LogP contribution in [0.3, 0.4) is 0 Å². The van der Waals surface area contributed by atoms with Gasteiger partial charge in [0.2, 0.25) is 5.91 Å². The largest absolute Gasteiger partial charge is 0.494 e. The van der Waals surface area contributed by atoms with E-state index in [9.17, 15) is 13.2 Å². The molecule has 0 radical (unpaired) electrons. The summed E-state index contributed by atoms with van der Waals surface area (Å²) in [6.07, 6.45) is 3.33. The molecular weight excluding hydrogens is 422 g/mol. The molecule has 3 rings (SSSR count). The number of rotatable bonds is 9. The molecule has 1 amide bonds. The Balaban J connectivity index is 1.57. The van der Waals surface area contributed by atoms with Crippen molar-refractivity contribution in [1.82, 2.24) is 4.98 Å². The third kappa shape index (κ3) is 6.23. The number of sulfonamides is 1. The summed E-state index contributed by atoms with van der Waals surface area (Å²) in [5.41, 5.74) is 0.958. The van der Waals surface area contributed by atoms with E-state index in [4.69, 9.17) is 4.74 Å². The Hall–Kier alpha value is -3.04. The van der Waals surface area contributed by atoms with Gasteiger partial charge in [0.25, 0.3) is 10.0 Å². The predicted molar refractivity (Wildman–Crippen MR) is 118 cm³/mol. The van der Waals surface area contributed by atoms with Crippen molar-refractivity contribution in [2.24, 2.45) is 0 Å². The zero-order valence-corrected chi connectivity index (χ0v) is 17.9. The summed E-state index contributed by atoms with van der Waals surface area (Å²) in [6.45, 7) is 2.42. The Labute approximate surface area is 179 Å². The standard InChI is InChI=1S/C21H21N3O4S2/c1-2-28-18-7-3-17(4-8-18)24-30(26,27)20-9-5-16(6-10-20)23-21(25)15-29-19-11-13-22-14-12-19/h3-14,24H,2,15H2,1H3,(H,23,25). The second kappa shape index (κ2) is 10.1. The Morgan fingerprint density at radius 2 is 1.60 bits per heavy atom. The summed E-state index contributed by atoms with van der Waals surface area (Å²) in [4.78, 5) is 17.1. The molecule has 0 unspecified atom stereocenters. The van der Waals surface area contributed by atoms with Gasteiger partial charge in [-0.2, -0.15) is 0 Å². The normalized spacial score (nSPS) is 11.0. The number of pyridine rings is 1. The maximum absolute atomic E-state index is 12.6. The molecule has 9 heteroatoms. The van der Waals surface area contributed by atoms with E-state index in [2.05, 4.69) is 15.0 Å². The van der Waals surface area contributed by atoms with Crippen LogP contribution in [-0.2, 0) is 14.8 Å². The van der Waals surface area contributed by atoms with Crippen molar-refractivity contribution in [3.63, 3.8) is 0 Å². The fourth-order valence-corrected chi connectivity index (χ4v) is 4.24. The number of amides is 1. The maximum Gasteiger partial charge on any atom is 0.261 e. The van der Waals surface area contributed by atoms with E-state index in [0.29, 0.717) is 23.7 Å². The smallest absolute Gasteiger partial charge is 0.261 e. The molecule has 0 aliphatic heterocycles. The number of nitrogens with one attached hydrogen (secondary N) is 2. The van der Waals surface area contributed by atoms with Crippen molar-refractivity contribution in [1.29, 1.82) is 0 Å². The number of aromatic nitrogens is 1. The van der Waals surface area contributed by atoms with Gasteiger partial charge >= 0.3 is 0 Å². The third-order valence-electron chi connectivity index (χ3n) is 3.89. The molecule has 7 nitrogen and oxygen atoms in total. The molecule has 0 aliphatic carbocycles. The SMILES string of the molecule is CCOc1ccc(NS(=O)(=O)c2ccc(NC(=O)CSc3ccncc3)cc2)cc1. The first-order valence-corrected chi connectivity index (χ1v) is 11.6. The van der Waals surface area contributed by atoms with Crippen molar-refractivity contribution in [3.05, 3.63) is 73.1 Å². The van der Waals surface area contributed by atoms with Gasteiger partial charge in [0, 0.05) is 28.7 Å². The molecule has 0 saturated heterocycles. The van der Waals surface area contributed by atoms with Crippen molar-refractivity contribution in [2.45, 2.75) is 16.7 Å². The lowest BCUT2D eigenvalue weighted by molar-refractivity contribution is -0.113. The topological polar surface area (TPSA) is 97.4 Å². The van der Waals surface area contributed by atoms with Gasteiger partial charge in [-0.15, -0.1) is 11.8 Å². The molecule has 3 aromatic rings. The number of anilines is 2. The summed E-state index contributed by atoms with van der Waals surface area (Å²) in [7, 11) is -3.74. The van der Waals surface area contributed by atoms with Crippen molar-refractivity contribution in [3.8, 4) is 5.75 Å². The predicted octanol–water partition coefficient (Wildman–Crippen LogP) is 4.01. The maximum atomic E-state index is 12.6. The van der Waals surface area contributed by atoms with Crippen LogP contribution in [-0.4, -0.2) is 31.7 Å². The zero-order valence-electron chi connectivity index (χ0n) is 16.2. The first-order valence-electron chi connectivity index (χ1n) is 9.15. The second-order valence-electron chi connectivity index (χ2n) is 6.11. The molecule has 2 aromatic carbocycles. The van der Waals surface area contributed by atoms with Crippen LogP contribution in [0.5, 0.6) is 5.75 Å². The molecule has 1 heterocycles. The number of benzene rings is 2. The third-order valence-corrected chi connectivity index (χ3v) is 6.29. The molecule has 156 valence electrons. The summed E-state index contributed by atoms with van der Waals surface area (Å²) in [6, 6.07) is 16.3. The van der Waals surface area contributed by atoms with Gasteiger partial charge in [-0.05, 0) is 67.6 Å². The highest BCUT2D eigenvalue weighted by molar-refractivity contribution is 8.00. The van der Waals surface area contributed by atoms with Crippen LogP contribution < -0.4 is 14.8 Å². The average molecular weight is 444 g/mol. The minimum atomic E-state index is -3.74. The molecule has 1 aromatic heterocycles. The fourth-order valence-electron chi connectivity index (χ4n) is 2.50. The Kier molecular flexibility index (Phi) is 7.31. The number of hydrogen-bond acceptors (Lipinski definition) is 6. The van der Waals surface area contributed by atoms with E-state index in [0.717, 1.165) is 4.90 Å². The van der Waals surface area contributed by atoms with Crippen LogP contribution in [0.2, 0.25) is 0 Å². The van der Waals surface area contributed by atoms with Gasteiger partial charge < -0.3 is 10.1 Å². The Bertz CT molecular complexity index is 1070. The highest BCUT2D eigenvalue weighted by atomic mass is 32.2. The van der Waals surface area contributed by atoms with Gasteiger partial charge in [-0.1, -0.05) is 0 Å². The second-order valence-corrected chi connectivity index (χ2v) is 8.84. The summed E-state index contributed by atoms with van der Waals surface area (Å²) < 4.78 is 33.0. The lowest BCUT2D eigenvalue weighted by Crippen LogP contribution is -2.15. The molecule has 0 fully saturated rings. The van der Waals surface area contributed by atoms with Crippen LogP contribution in [0.15, 0.2) is 82.8 Å². The highest BCUT2D eigenvalue weighted by Crippen LogP contribution is 2.21. The molecule has 0 atom stereocenters. The number of thioether (sulfide) groups is 1. The molecule has 30 heavy (non-hydrogen) atoms. The van der Waals surface area contributed by atoms with Crippen LogP contribution in [0, 0.1) is 0 Å². The Morgan fingerprint density at radius 3 is 2.23 bits per heavy atom. The number of hydrogen-bond donors (Lipinski definition) is 2. The molecular formula is C21H21N3O4S2. The monoisotopic (exact) mass is 443 g/mol. The summed E-state index contributed by atoms with van der Waals surface area (Å²) >= 11 is 1.39. The molecule has 0 spiro atoms. The molecule has 0 aliphatic rings. The summed E-state index contributed by atoms with van der Waals surface area (Å²) in [5, 5.41) is 2.75. The summed E-state index contributed by atoms with van der Waals surface area (Å²) in [5.74, 6) is 0.728. The van der Waals surface area contributed by atoms with Gasteiger partial charge in [0.05, 0.1) is 17.3 Å². The minimum absolute atomic E-state index is 0.0977. The van der Waals surface area contributed by atoms with E-state index < -0.39 is 10.0 Å². The van der Waals surface area contributed by atoms with Crippen LogP contribution in [0.4, 0.5) is 11.4 Å². The van der Waals surface area contributed by atoms with Crippen molar-refractivity contribution >= 4 is 39.1 Å². The molecule has 0 saturated carbocycles. The van der Waals surface area contributed by atoms with Gasteiger partial charge in [0.1, 0.15) is 5.75 Å².